The van der Waals surface area contributed by atoms with Gasteiger partial charge in [-0.05, 0) is 6.42 Å². The van der Waals surface area contributed by atoms with Crippen LogP contribution in [0, 0.1) is 11.8 Å². The molecule has 0 aromatic carbocycles. The van der Waals surface area contributed by atoms with Gasteiger partial charge in [-0.25, -0.2) is 0 Å². The smallest absolute Gasteiger partial charge is 0.259 e. The Hall–Kier alpha value is 0.580. The summed E-state index contributed by atoms with van der Waals surface area (Å²) in [5.41, 5.74) is 0. The molecule has 2 amide bonds. The fourth-order valence-corrected chi connectivity index (χ4v) is 6.21. The highest BCUT2D eigenvalue weighted by atomic mass is 35.5. The maximum Gasteiger partial charge on any atom is 0.259 e. The highest BCUT2D eigenvalue weighted by Crippen LogP contribution is 2.77. The highest BCUT2D eigenvalue weighted by Gasteiger charge is 2.87. The van der Waals surface area contributed by atoms with Gasteiger partial charge in [-0.15, -0.1) is 23.2 Å². The normalized spacial score (nSPS) is 42.6. The molecule has 2 aliphatic carbocycles. The third-order valence-corrected chi connectivity index (χ3v) is 8.55. The number of hydroxylamine groups is 2. The van der Waals surface area contributed by atoms with Gasteiger partial charge in [-0.2, -0.15) is 5.06 Å². The molecule has 2 fully saturated rings. The summed E-state index contributed by atoms with van der Waals surface area (Å²) in [6.45, 7) is 2.02. The van der Waals surface area contributed by atoms with Crippen molar-refractivity contribution in [3.8, 4) is 0 Å². The molecule has 4 nitrogen and oxygen atoms in total. The van der Waals surface area contributed by atoms with E-state index in [0.29, 0.717) is 11.5 Å². The molecule has 10 heteroatoms. The van der Waals surface area contributed by atoms with Crippen molar-refractivity contribution in [3.63, 3.8) is 0 Å². The van der Waals surface area contributed by atoms with Gasteiger partial charge in [0.05, 0.1) is 28.5 Å². The fraction of sp³-hybridized carbons (Fsp3) is 0.667. The van der Waals surface area contributed by atoms with Crippen LogP contribution in [0.4, 0.5) is 0 Å². The standard InChI is InChI=1S/C12H9Cl6NO3/c1-2-3-22-19-8(20)4-5(9(19)21)11(16)7(14)6(13)10(4,15)12(11,17)18/h4-5H,2-3H2,1H3. The molecule has 0 radical (unpaired) electrons. The molecule has 1 heterocycles. The molecule has 1 saturated carbocycles. The zero-order chi connectivity index (χ0) is 16.7. The van der Waals surface area contributed by atoms with Crippen LogP contribution in [0.15, 0.2) is 10.1 Å². The van der Waals surface area contributed by atoms with E-state index in [1.807, 2.05) is 6.92 Å². The summed E-state index contributed by atoms with van der Waals surface area (Å²) in [5, 5.41) is 0.432. The van der Waals surface area contributed by atoms with Gasteiger partial charge in [-0.1, -0.05) is 53.3 Å². The second-order valence-corrected chi connectivity index (χ2v) is 8.66. The first kappa shape index (κ1) is 17.4. The first-order chi connectivity index (χ1) is 10.1. The van der Waals surface area contributed by atoms with Crippen molar-refractivity contribution in [3.05, 3.63) is 10.1 Å². The number of hydrogen-bond donors (Lipinski definition) is 0. The molecule has 0 aromatic heterocycles. The SMILES string of the molecule is CCCON1C(=O)C2C(C1=O)C1(Cl)C(Cl)=C(Cl)C2(Cl)C1(Cl)Cl. The lowest BCUT2D eigenvalue weighted by atomic mass is 9.84. The van der Waals surface area contributed by atoms with Crippen molar-refractivity contribution in [2.75, 3.05) is 6.61 Å². The van der Waals surface area contributed by atoms with Crippen LogP contribution in [-0.2, 0) is 14.4 Å². The second kappa shape index (κ2) is 5.04. The molecule has 0 aromatic rings. The largest absolute Gasteiger partial charge is 0.272 e. The van der Waals surface area contributed by atoms with Crippen LogP contribution < -0.4 is 0 Å². The zero-order valence-corrected chi connectivity index (χ0v) is 15.5. The average Bonchev–Trinajstić information content (AvgIpc) is 2.83. The Morgan fingerprint density at radius 2 is 1.41 bits per heavy atom. The van der Waals surface area contributed by atoms with Gasteiger partial charge in [-0.3, -0.25) is 14.4 Å². The summed E-state index contributed by atoms with van der Waals surface area (Å²) in [6.07, 6.45) is 0.610. The van der Waals surface area contributed by atoms with E-state index in [-0.39, 0.29) is 16.7 Å². The molecular weight excluding hydrogens is 419 g/mol. The van der Waals surface area contributed by atoms with E-state index in [2.05, 4.69) is 0 Å². The third kappa shape index (κ3) is 1.58. The molecule has 0 N–H and O–H groups in total. The van der Waals surface area contributed by atoms with E-state index in [0.717, 1.165) is 0 Å². The highest BCUT2D eigenvalue weighted by molar-refractivity contribution is 6.66. The van der Waals surface area contributed by atoms with E-state index in [1.165, 1.54) is 0 Å². The monoisotopic (exact) mass is 425 g/mol. The maximum absolute atomic E-state index is 12.6. The van der Waals surface area contributed by atoms with Gasteiger partial charge < -0.3 is 0 Å². The average molecular weight is 428 g/mol. The van der Waals surface area contributed by atoms with E-state index >= 15 is 0 Å². The third-order valence-electron chi connectivity index (χ3n) is 4.29. The predicted molar refractivity (Wildman–Crippen MR) is 85.4 cm³/mol. The summed E-state index contributed by atoms with van der Waals surface area (Å²) in [5.74, 6) is -3.62. The molecule has 3 aliphatic rings. The first-order valence-electron chi connectivity index (χ1n) is 6.41. The summed E-state index contributed by atoms with van der Waals surface area (Å²) in [4.78, 5) is 26.8. The number of nitrogens with zero attached hydrogens (tertiary/aromatic N) is 1. The number of allylic oxidation sites excluding steroid dienone is 2. The minimum absolute atomic E-state index is 0.115. The lowest BCUT2D eigenvalue weighted by Crippen LogP contribution is -2.50. The lowest BCUT2D eigenvalue weighted by molar-refractivity contribution is -0.190. The first-order valence-corrected chi connectivity index (χ1v) is 8.67. The summed E-state index contributed by atoms with van der Waals surface area (Å²) in [7, 11) is 0. The number of imide groups is 1. The molecule has 1 aliphatic heterocycles. The number of alkyl halides is 4. The van der Waals surface area contributed by atoms with E-state index in [9.17, 15) is 9.59 Å². The van der Waals surface area contributed by atoms with Crippen LogP contribution in [0.2, 0.25) is 0 Å². The van der Waals surface area contributed by atoms with Gasteiger partial charge in [0, 0.05) is 0 Å². The van der Waals surface area contributed by atoms with Crippen molar-refractivity contribution in [2.24, 2.45) is 11.8 Å². The van der Waals surface area contributed by atoms with Crippen molar-refractivity contribution >= 4 is 81.4 Å². The Labute approximate surface area is 156 Å². The van der Waals surface area contributed by atoms with E-state index in [4.69, 9.17) is 74.4 Å². The van der Waals surface area contributed by atoms with Gasteiger partial charge in [0.1, 0.15) is 9.75 Å². The molecule has 0 spiro atoms. The quantitative estimate of drug-likeness (QED) is 0.508. The minimum Gasteiger partial charge on any atom is -0.272 e. The Morgan fingerprint density at radius 3 is 1.77 bits per heavy atom. The van der Waals surface area contributed by atoms with Gasteiger partial charge >= 0.3 is 0 Å². The van der Waals surface area contributed by atoms with Crippen LogP contribution in [0.1, 0.15) is 13.3 Å². The van der Waals surface area contributed by atoms with Gasteiger partial charge in [0.15, 0.2) is 4.33 Å². The molecule has 2 bridgehead atoms. The van der Waals surface area contributed by atoms with Gasteiger partial charge in [0.2, 0.25) is 0 Å². The van der Waals surface area contributed by atoms with Crippen LogP contribution in [-0.4, -0.2) is 37.6 Å². The molecule has 3 rings (SSSR count). The summed E-state index contributed by atoms with van der Waals surface area (Å²) < 4.78 is -1.91. The van der Waals surface area contributed by atoms with Crippen LogP contribution >= 0.6 is 69.6 Å². The molecule has 22 heavy (non-hydrogen) atoms. The van der Waals surface area contributed by atoms with Crippen LogP contribution in [0.25, 0.3) is 0 Å². The van der Waals surface area contributed by atoms with Crippen LogP contribution in [0.3, 0.4) is 0 Å². The number of halogens is 6. The zero-order valence-electron chi connectivity index (χ0n) is 11.0. The lowest BCUT2D eigenvalue weighted by Gasteiger charge is -2.34. The van der Waals surface area contributed by atoms with E-state index in [1.54, 1.807) is 0 Å². The maximum atomic E-state index is 12.6. The molecule has 4 atom stereocenters. The summed E-state index contributed by atoms with van der Waals surface area (Å²) in [6, 6.07) is 0. The number of carbonyl (C=O) groups is 2. The number of carbonyl (C=O) groups excluding carboxylic acids is 2. The summed E-state index contributed by atoms with van der Waals surface area (Å²) >= 11 is 37.9. The predicted octanol–water partition coefficient (Wildman–Crippen LogP) is 3.77. The van der Waals surface area contributed by atoms with Crippen molar-refractivity contribution < 1.29 is 14.4 Å². The van der Waals surface area contributed by atoms with Crippen LogP contribution in [0.5, 0.6) is 0 Å². The van der Waals surface area contributed by atoms with Crippen molar-refractivity contribution in [2.45, 2.75) is 27.4 Å². The minimum atomic E-state index is -1.91. The Bertz CT molecular complexity index is 576. The molecule has 1 saturated heterocycles. The van der Waals surface area contributed by atoms with Crippen molar-refractivity contribution in [1.29, 1.82) is 0 Å². The number of rotatable bonds is 3. The molecular formula is C12H9Cl6NO3. The van der Waals surface area contributed by atoms with Crippen molar-refractivity contribution in [1.82, 2.24) is 5.06 Å². The van der Waals surface area contributed by atoms with Gasteiger partial charge in [0.25, 0.3) is 11.8 Å². The Balaban J connectivity index is 2.15. The fourth-order valence-electron chi connectivity index (χ4n) is 3.28. The Morgan fingerprint density at radius 1 is 1.00 bits per heavy atom. The second-order valence-electron chi connectivity index (χ2n) is 5.39. The number of hydrogen-bond acceptors (Lipinski definition) is 3. The molecule has 122 valence electrons. The number of fused-ring (bicyclic) bond motifs is 5. The Kier molecular flexibility index (Phi) is 3.99. The van der Waals surface area contributed by atoms with E-state index < -0.39 is 37.7 Å². The molecule has 4 unspecified atom stereocenters. The topological polar surface area (TPSA) is 46.6 Å². The number of amides is 2.